The van der Waals surface area contributed by atoms with Gasteiger partial charge in [-0.25, -0.2) is 4.98 Å². The summed E-state index contributed by atoms with van der Waals surface area (Å²) in [5.74, 6) is -0.472. The lowest BCUT2D eigenvalue weighted by Crippen LogP contribution is -2.41. The second-order valence-electron chi connectivity index (χ2n) is 6.70. The third-order valence-corrected chi connectivity index (χ3v) is 4.40. The summed E-state index contributed by atoms with van der Waals surface area (Å²) < 4.78 is 25.3. The Morgan fingerprint density at radius 3 is 2.41 bits per heavy atom. The van der Waals surface area contributed by atoms with Crippen LogP contribution in [-0.4, -0.2) is 36.9 Å². The van der Waals surface area contributed by atoms with Gasteiger partial charge in [0.15, 0.2) is 0 Å². The Morgan fingerprint density at radius 2 is 1.91 bits per heavy atom. The number of likely N-dealkylation sites (N-methyl/N-ethyl adjacent to an activating group) is 1. The van der Waals surface area contributed by atoms with Gasteiger partial charge in [-0.2, -0.15) is 4.39 Å². The average Bonchev–Trinajstić information content (AvgIpc) is 2.61. The third-order valence-electron chi connectivity index (χ3n) is 4.40. The van der Waals surface area contributed by atoms with E-state index in [1.54, 1.807) is 0 Å². The minimum absolute atomic E-state index is 0.388. The molecule has 0 spiro atoms. The van der Waals surface area contributed by atoms with E-state index < -0.39 is 13.1 Å². The molecule has 0 aliphatic carbocycles. The Labute approximate surface area is 132 Å². The highest BCUT2D eigenvalue weighted by molar-refractivity contribution is 6.55. The second-order valence-corrected chi connectivity index (χ2v) is 6.70. The van der Waals surface area contributed by atoms with Crippen LogP contribution < -0.4 is 5.32 Å². The lowest BCUT2D eigenvalue weighted by Gasteiger charge is -2.32. The molecule has 1 aliphatic heterocycles. The highest BCUT2D eigenvalue weighted by Gasteiger charge is 2.52. The molecule has 1 aromatic rings. The van der Waals surface area contributed by atoms with Gasteiger partial charge in [0.05, 0.1) is 11.2 Å². The van der Waals surface area contributed by atoms with E-state index in [9.17, 15) is 4.39 Å². The fourth-order valence-electron chi connectivity index (χ4n) is 2.28. The summed E-state index contributed by atoms with van der Waals surface area (Å²) in [4.78, 5) is 3.72. The number of aryl methyl sites for hydroxylation is 1. The second kappa shape index (κ2) is 6.10. The molecule has 2 rings (SSSR count). The number of rotatable bonds is 4. The fourth-order valence-corrected chi connectivity index (χ4v) is 2.28. The van der Waals surface area contributed by atoms with E-state index in [4.69, 9.17) is 9.31 Å². The van der Waals surface area contributed by atoms with Gasteiger partial charge in [0.1, 0.15) is 0 Å². The first kappa shape index (κ1) is 17.1. The zero-order valence-corrected chi connectivity index (χ0v) is 14.2. The third kappa shape index (κ3) is 3.40. The quantitative estimate of drug-likeness (QED) is 0.686. The molecule has 0 atom stereocenters. The van der Waals surface area contributed by atoms with Gasteiger partial charge in [0, 0.05) is 12.7 Å². The largest absolute Gasteiger partial charge is 0.491 e. The van der Waals surface area contributed by atoms with Gasteiger partial charge in [-0.3, -0.25) is 0 Å². The highest BCUT2D eigenvalue weighted by Crippen LogP contribution is 2.38. The summed E-state index contributed by atoms with van der Waals surface area (Å²) in [6, 6.07) is 1.42. The maximum absolute atomic E-state index is 13.1. The number of nitrogens with one attached hydrogen (secondary N) is 1. The highest BCUT2D eigenvalue weighted by atomic mass is 19.1. The molecule has 0 amide bonds. The van der Waals surface area contributed by atoms with Gasteiger partial charge in [-0.15, -0.1) is 0 Å². The molecule has 1 aromatic heterocycles. The minimum atomic E-state index is -0.472. The zero-order chi connectivity index (χ0) is 16.5. The van der Waals surface area contributed by atoms with Gasteiger partial charge in [0.2, 0.25) is 5.95 Å². The van der Waals surface area contributed by atoms with E-state index in [2.05, 4.69) is 10.3 Å². The van der Waals surface area contributed by atoms with Crippen molar-refractivity contribution in [3.63, 3.8) is 0 Å². The summed E-state index contributed by atoms with van der Waals surface area (Å²) in [6.07, 6.45) is 3.49. The van der Waals surface area contributed by atoms with Crippen LogP contribution in [0, 0.1) is 12.9 Å². The minimum Gasteiger partial charge on any atom is -0.400 e. The summed E-state index contributed by atoms with van der Waals surface area (Å²) in [5, 5.41) is 3.13. The van der Waals surface area contributed by atoms with Crippen LogP contribution in [-0.2, 0) is 9.31 Å². The monoisotopic (exact) mass is 306 g/mol. The number of hydrogen-bond donors (Lipinski definition) is 1. The molecule has 4 nitrogen and oxygen atoms in total. The zero-order valence-electron chi connectivity index (χ0n) is 14.2. The van der Waals surface area contributed by atoms with Crippen LogP contribution in [0.25, 0.3) is 6.08 Å². The van der Waals surface area contributed by atoms with Gasteiger partial charge in [-0.1, -0.05) is 6.08 Å². The predicted octanol–water partition coefficient (Wildman–Crippen LogP) is 2.76. The van der Waals surface area contributed by atoms with Gasteiger partial charge >= 0.3 is 7.12 Å². The van der Waals surface area contributed by atoms with Crippen LogP contribution in [0.2, 0.25) is 0 Å². The Balaban J connectivity index is 2.33. The number of nitrogens with zero attached hydrogens (tertiary/aromatic N) is 1. The molecular formula is C16H24BFN2O2. The molecule has 0 unspecified atom stereocenters. The van der Waals surface area contributed by atoms with Gasteiger partial charge in [0.25, 0.3) is 0 Å². The molecule has 1 N–H and O–H groups in total. The molecule has 0 aromatic carbocycles. The maximum atomic E-state index is 13.1. The van der Waals surface area contributed by atoms with Crippen molar-refractivity contribution in [3.05, 3.63) is 34.8 Å². The van der Waals surface area contributed by atoms with Crippen molar-refractivity contribution < 1.29 is 13.7 Å². The molecular weight excluding hydrogens is 282 g/mol. The smallest absolute Gasteiger partial charge is 0.400 e. The lowest BCUT2D eigenvalue weighted by molar-refractivity contribution is 0.00578. The summed E-state index contributed by atoms with van der Waals surface area (Å²) in [5.41, 5.74) is 1.87. The first-order valence-corrected chi connectivity index (χ1v) is 7.49. The first-order chi connectivity index (χ1) is 10.2. The van der Waals surface area contributed by atoms with Crippen LogP contribution in [0.4, 0.5) is 4.39 Å². The van der Waals surface area contributed by atoms with Gasteiger partial charge < -0.3 is 14.6 Å². The summed E-state index contributed by atoms with van der Waals surface area (Å²) in [6.45, 7) is 10.6. The molecule has 0 bridgehead atoms. The Morgan fingerprint density at radius 1 is 1.32 bits per heavy atom. The first-order valence-electron chi connectivity index (χ1n) is 7.49. The van der Waals surface area contributed by atoms with Crippen molar-refractivity contribution in [1.29, 1.82) is 0 Å². The number of pyridine rings is 1. The molecule has 1 fully saturated rings. The van der Waals surface area contributed by atoms with E-state index >= 15 is 0 Å². The molecule has 1 saturated heterocycles. The SMILES string of the molecule is CNCC(=Cc1cnc(F)cc1C)B1OC(C)(C)C(C)(C)O1. The van der Waals surface area contributed by atoms with Crippen molar-refractivity contribution in [2.24, 2.45) is 0 Å². The average molecular weight is 306 g/mol. The van der Waals surface area contributed by atoms with Crippen molar-refractivity contribution in [2.75, 3.05) is 13.6 Å². The van der Waals surface area contributed by atoms with Crippen LogP contribution in [0.15, 0.2) is 17.7 Å². The molecule has 120 valence electrons. The lowest BCUT2D eigenvalue weighted by atomic mass is 9.77. The number of hydrogen-bond acceptors (Lipinski definition) is 4. The van der Waals surface area contributed by atoms with Crippen molar-refractivity contribution in [3.8, 4) is 0 Å². The van der Waals surface area contributed by atoms with E-state index in [0.717, 1.165) is 16.6 Å². The van der Waals surface area contributed by atoms with Crippen LogP contribution >= 0.6 is 0 Å². The normalized spacial score (nSPS) is 20.5. The van der Waals surface area contributed by atoms with Crippen molar-refractivity contribution >= 4 is 13.2 Å². The van der Waals surface area contributed by atoms with E-state index in [-0.39, 0.29) is 11.2 Å². The van der Waals surface area contributed by atoms with E-state index in [1.807, 2.05) is 47.7 Å². The van der Waals surface area contributed by atoms with E-state index in [1.165, 1.54) is 12.3 Å². The van der Waals surface area contributed by atoms with Crippen LogP contribution in [0.5, 0.6) is 0 Å². The summed E-state index contributed by atoms with van der Waals surface area (Å²) >= 11 is 0. The molecule has 22 heavy (non-hydrogen) atoms. The molecule has 1 aliphatic rings. The fraction of sp³-hybridized carbons (Fsp3) is 0.562. The molecule has 6 heteroatoms. The Bertz CT molecular complexity index is 572. The van der Waals surface area contributed by atoms with Crippen LogP contribution in [0.1, 0.15) is 38.8 Å². The van der Waals surface area contributed by atoms with Crippen molar-refractivity contribution in [1.82, 2.24) is 10.3 Å². The standard InChI is InChI=1S/C16H24BFN2O2/c1-11-7-14(18)20-9-12(11)8-13(10-19-6)17-21-15(2,3)16(4,5)22-17/h7-9,19H,10H2,1-6H3. The van der Waals surface area contributed by atoms with Crippen molar-refractivity contribution in [2.45, 2.75) is 45.8 Å². The number of halogens is 1. The molecule has 0 saturated carbocycles. The molecule has 0 radical (unpaired) electrons. The van der Waals surface area contributed by atoms with Gasteiger partial charge in [-0.05, 0) is 64.3 Å². The topological polar surface area (TPSA) is 43.4 Å². The number of aromatic nitrogens is 1. The van der Waals surface area contributed by atoms with E-state index in [0.29, 0.717) is 6.54 Å². The summed E-state index contributed by atoms with van der Waals surface area (Å²) in [7, 11) is 1.44. The Kier molecular flexibility index (Phi) is 4.75. The Hall–Kier alpha value is -1.24. The molecule has 2 heterocycles. The van der Waals surface area contributed by atoms with Crippen LogP contribution in [0.3, 0.4) is 0 Å². The maximum Gasteiger partial charge on any atom is 0.491 e. The predicted molar refractivity (Wildman–Crippen MR) is 86.9 cm³/mol.